The van der Waals surface area contributed by atoms with Crippen LogP contribution in [0.15, 0.2) is 5.03 Å². The molecule has 0 aliphatic rings. The number of nitrogens with zero attached hydrogens (tertiary/aromatic N) is 5. The first-order valence-corrected chi connectivity index (χ1v) is 7.60. The molecule has 0 atom stereocenters. The van der Waals surface area contributed by atoms with Gasteiger partial charge in [-0.3, -0.25) is 0 Å². The van der Waals surface area contributed by atoms with Crippen LogP contribution in [-0.2, 0) is 16.2 Å². The Morgan fingerprint density at radius 1 is 1.36 bits per heavy atom. The highest BCUT2D eigenvalue weighted by molar-refractivity contribution is 7.80. The standard InChI is InChI=1S/C12H18N6O2S2/c1-7(2)20-5-4-19-6-18-9-10(16-17-18)14-12(13-8(3)21)15-11(9)22/h7H,4-6H2,1-3H3,(H2,13,14,15,21,22). The van der Waals surface area contributed by atoms with Gasteiger partial charge in [-0.2, -0.15) is 4.98 Å². The number of aromatic nitrogens is 5. The van der Waals surface area contributed by atoms with E-state index < -0.39 is 0 Å². The number of ether oxygens (including phenoxy) is 2. The van der Waals surface area contributed by atoms with Crippen LogP contribution in [0.3, 0.4) is 0 Å². The molecule has 22 heavy (non-hydrogen) atoms. The van der Waals surface area contributed by atoms with Crippen molar-refractivity contribution in [1.82, 2.24) is 25.0 Å². The lowest BCUT2D eigenvalue weighted by Crippen LogP contribution is -2.12. The van der Waals surface area contributed by atoms with E-state index in [2.05, 4.69) is 38.2 Å². The number of anilines is 1. The van der Waals surface area contributed by atoms with Gasteiger partial charge in [0.2, 0.25) is 11.6 Å². The Balaban J connectivity index is 2.04. The Morgan fingerprint density at radius 2 is 2.14 bits per heavy atom. The second-order valence-electron chi connectivity index (χ2n) is 4.77. The van der Waals surface area contributed by atoms with Crippen molar-refractivity contribution in [3.63, 3.8) is 0 Å². The topological polar surface area (TPSA) is 87.0 Å². The van der Waals surface area contributed by atoms with Crippen LogP contribution in [0.2, 0.25) is 0 Å². The number of fused-ring (bicyclic) bond motifs is 1. The van der Waals surface area contributed by atoms with Crippen LogP contribution in [0.5, 0.6) is 0 Å². The van der Waals surface area contributed by atoms with Crippen LogP contribution >= 0.6 is 24.8 Å². The third-order valence-corrected chi connectivity index (χ3v) is 2.95. The largest absolute Gasteiger partial charge is 0.376 e. The summed E-state index contributed by atoms with van der Waals surface area (Å²) in [5.41, 5.74) is 1.04. The summed E-state index contributed by atoms with van der Waals surface area (Å²) < 4.78 is 12.4. The first kappa shape index (κ1) is 17.0. The number of hydrogen-bond donors (Lipinski definition) is 2. The molecule has 10 heteroatoms. The SMILES string of the molecule is CC(=S)Nc1nc(S)c2c(nnn2COCCOC(C)C)n1. The highest BCUT2D eigenvalue weighted by Crippen LogP contribution is 2.18. The summed E-state index contributed by atoms with van der Waals surface area (Å²) in [5.74, 6) is 0.350. The Labute approximate surface area is 139 Å². The maximum atomic E-state index is 5.50. The van der Waals surface area contributed by atoms with Crippen LogP contribution < -0.4 is 5.32 Å². The normalized spacial score (nSPS) is 11.3. The monoisotopic (exact) mass is 342 g/mol. The quantitative estimate of drug-likeness (QED) is 0.340. The van der Waals surface area contributed by atoms with Crippen LogP contribution in [0.4, 0.5) is 5.95 Å². The third-order valence-electron chi connectivity index (χ3n) is 2.53. The molecule has 120 valence electrons. The van der Waals surface area contributed by atoms with Crippen molar-refractivity contribution in [3.05, 3.63) is 0 Å². The molecular weight excluding hydrogens is 324 g/mol. The highest BCUT2D eigenvalue weighted by Gasteiger charge is 2.13. The fraction of sp³-hybridized carbons (Fsp3) is 0.583. The molecule has 0 spiro atoms. The van der Waals surface area contributed by atoms with Crippen molar-refractivity contribution in [2.75, 3.05) is 18.5 Å². The van der Waals surface area contributed by atoms with Crippen molar-refractivity contribution >= 4 is 46.9 Å². The van der Waals surface area contributed by atoms with Gasteiger partial charge in [-0.1, -0.05) is 17.4 Å². The summed E-state index contributed by atoms with van der Waals surface area (Å²) >= 11 is 9.31. The van der Waals surface area contributed by atoms with Gasteiger partial charge in [0.1, 0.15) is 17.3 Å². The number of nitrogens with one attached hydrogen (secondary N) is 1. The lowest BCUT2D eigenvalue weighted by molar-refractivity contribution is -0.00408. The van der Waals surface area contributed by atoms with E-state index in [0.717, 1.165) is 0 Å². The highest BCUT2D eigenvalue weighted by atomic mass is 32.1. The van der Waals surface area contributed by atoms with Crippen LogP contribution in [-0.4, -0.2) is 49.3 Å². The summed E-state index contributed by atoms with van der Waals surface area (Å²) in [6.07, 6.45) is 0.184. The van der Waals surface area contributed by atoms with Crippen molar-refractivity contribution in [2.24, 2.45) is 0 Å². The molecule has 2 heterocycles. The van der Waals surface area contributed by atoms with Gasteiger partial charge in [0.25, 0.3) is 0 Å². The smallest absolute Gasteiger partial charge is 0.230 e. The summed E-state index contributed by atoms with van der Waals surface area (Å²) in [6.45, 7) is 6.91. The number of rotatable bonds is 7. The predicted octanol–water partition coefficient (Wildman–Crippen LogP) is 1.67. The van der Waals surface area contributed by atoms with Crippen LogP contribution in [0.25, 0.3) is 11.2 Å². The summed E-state index contributed by atoms with van der Waals surface area (Å²) in [6, 6.07) is 0. The van der Waals surface area contributed by atoms with Gasteiger partial charge in [-0.25, -0.2) is 9.67 Å². The fourth-order valence-electron chi connectivity index (χ4n) is 1.67. The molecule has 0 bridgehead atoms. The molecule has 0 fully saturated rings. The fourth-order valence-corrected chi connectivity index (χ4v) is 2.07. The number of thiocarbonyl (C=S) groups is 1. The Hall–Kier alpha value is -1.36. The minimum absolute atomic E-state index is 0.184. The van der Waals surface area contributed by atoms with Crippen molar-refractivity contribution in [1.29, 1.82) is 0 Å². The van der Waals surface area contributed by atoms with Gasteiger partial charge in [0.05, 0.1) is 24.3 Å². The van der Waals surface area contributed by atoms with E-state index in [-0.39, 0.29) is 12.8 Å². The lowest BCUT2D eigenvalue weighted by atomic mass is 10.5. The number of hydrogen-bond acceptors (Lipinski definition) is 8. The molecule has 8 nitrogen and oxygen atoms in total. The minimum atomic E-state index is 0.184. The second kappa shape index (κ2) is 7.77. The van der Waals surface area contributed by atoms with Crippen molar-refractivity contribution < 1.29 is 9.47 Å². The molecule has 2 rings (SSSR count). The van der Waals surface area contributed by atoms with E-state index in [1.807, 2.05) is 13.8 Å². The molecule has 0 aliphatic heterocycles. The molecule has 0 unspecified atom stereocenters. The van der Waals surface area contributed by atoms with E-state index in [1.165, 1.54) is 0 Å². The molecule has 1 N–H and O–H groups in total. The minimum Gasteiger partial charge on any atom is -0.376 e. The maximum Gasteiger partial charge on any atom is 0.230 e. The van der Waals surface area contributed by atoms with Crippen LogP contribution in [0, 0.1) is 0 Å². The lowest BCUT2D eigenvalue weighted by Gasteiger charge is -2.08. The third kappa shape index (κ3) is 4.57. The first-order valence-electron chi connectivity index (χ1n) is 6.74. The Bertz CT molecular complexity index is 660. The van der Waals surface area contributed by atoms with Gasteiger partial charge in [-0.15, -0.1) is 17.7 Å². The zero-order chi connectivity index (χ0) is 16.1. The molecule has 0 saturated heterocycles. The second-order valence-corrected chi connectivity index (χ2v) is 5.81. The van der Waals surface area contributed by atoms with E-state index in [0.29, 0.717) is 40.3 Å². The van der Waals surface area contributed by atoms with Crippen LogP contribution in [0.1, 0.15) is 20.8 Å². The van der Waals surface area contributed by atoms with Gasteiger partial charge >= 0.3 is 0 Å². The van der Waals surface area contributed by atoms with Crippen molar-refractivity contribution in [2.45, 2.75) is 38.6 Å². The van der Waals surface area contributed by atoms with Crippen molar-refractivity contribution in [3.8, 4) is 0 Å². The van der Waals surface area contributed by atoms with Gasteiger partial charge in [0, 0.05) is 0 Å². The first-order chi connectivity index (χ1) is 10.5. The zero-order valence-electron chi connectivity index (χ0n) is 12.6. The summed E-state index contributed by atoms with van der Waals surface area (Å²) in [4.78, 5) is 9.01. The molecule has 0 amide bonds. The summed E-state index contributed by atoms with van der Waals surface area (Å²) in [7, 11) is 0. The number of thiol groups is 1. The van der Waals surface area contributed by atoms with E-state index in [1.54, 1.807) is 11.6 Å². The predicted molar refractivity (Wildman–Crippen MR) is 89.3 cm³/mol. The average Bonchev–Trinajstić information content (AvgIpc) is 2.80. The molecule has 0 aliphatic carbocycles. The van der Waals surface area contributed by atoms with E-state index in [9.17, 15) is 0 Å². The molecule has 0 saturated carbocycles. The molecule has 0 radical (unpaired) electrons. The Kier molecular flexibility index (Phi) is 6.00. The summed E-state index contributed by atoms with van der Waals surface area (Å²) in [5, 5.41) is 11.3. The molecule has 2 aromatic rings. The Morgan fingerprint density at radius 3 is 2.82 bits per heavy atom. The van der Waals surface area contributed by atoms with Gasteiger partial charge in [0.15, 0.2) is 0 Å². The van der Waals surface area contributed by atoms with Gasteiger partial charge < -0.3 is 14.8 Å². The van der Waals surface area contributed by atoms with E-state index >= 15 is 0 Å². The average molecular weight is 342 g/mol. The molecular formula is C12H18N6O2S2. The van der Waals surface area contributed by atoms with Gasteiger partial charge in [-0.05, 0) is 20.8 Å². The zero-order valence-corrected chi connectivity index (χ0v) is 14.3. The molecule has 0 aromatic carbocycles. The maximum absolute atomic E-state index is 5.50. The van der Waals surface area contributed by atoms with E-state index in [4.69, 9.17) is 21.7 Å². The molecule has 2 aromatic heterocycles.